The van der Waals surface area contributed by atoms with Gasteiger partial charge in [0.15, 0.2) is 0 Å². The molecule has 96 valence electrons. The van der Waals surface area contributed by atoms with Gasteiger partial charge in [0.05, 0.1) is 12.2 Å². The van der Waals surface area contributed by atoms with E-state index in [1.165, 1.54) is 0 Å². The standard InChI is InChI=1S/C13H23N3O/c1-2-15-9-5-13(11-14,6-10-15)16-7-3-12(17)4-8-16/h12,17H,2-10H2,1H3. The fourth-order valence-corrected chi connectivity index (χ4v) is 3.03. The molecule has 4 heteroatoms. The van der Waals surface area contributed by atoms with E-state index in [2.05, 4.69) is 22.8 Å². The minimum absolute atomic E-state index is 0.155. The predicted molar refractivity (Wildman–Crippen MR) is 66.5 cm³/mol. The first-order chi connectivity index (χ1) is 8.20. The van der Waals surface area contributed by atoms with Gasteiger partial charge in [-0.2, -0.15) is 5.26 Å². The van der Waals surface area contributed by atoms with Gasteiger partial charge in [0.25, 0.3) is 0 Å². The molecule has 2 heterocycles. The molecule has 0 aromatic carbocycles. The Kier molecular flexibility index (Phi) is 4.03. The molecule has 0 saturated carbocycles. The van der Waals surface area contributed by atoms with Gasteiger partial charge in [0.2, 0.25) is 0 Å². The number of hydrogen-bond acceptors (Lipinski definition) is 4. The van der Waals surface area contributed by atoms with Crippen molar-refractivity contribution in [3.63, 3.8) is 0 Å². The Morgan fingerprint density at radius 1 is 1.24 bits per heavy atom. The largest absolute Gasteiger partial charge is 0.393 e. The molecule has 0 bridgehead atoms. The summed E-state index contributed by atoms with van der Waals surface area (Å²) in [6.45, 7) is 7.07. The quantitative estimate of drug-likeness (QED) is 0.772. The lowest BCUT2D eigenvalue weighted by molar-refractivity contribution is 0.00936. The molecule has 1 N–H and O–H groups in total. The summed E-state index contributed by atoms with van der Waals surface area (Å²) in [5.41, 5.74) is -0.258. The van der Waals surface area contributed by atoms with Crippen LogP contribution in [0.2, 0.25) is 0 Å². The first-order valence-electron chi connectivity index (χ1n) is 6.77. The van der Waals surface area contributed by atoms with Crippen LogP contribution >= 0.6 is 0 Å². The Morgan fingerprint density at radius 2 is 1.82 bits per heavy atom. The Labute approximate surface area is 104 Å². The van der Waals surface area contributed by atoms with Gasteiger partial charge in [-0.25, -0.2) is 0 Å². The summed E-state index contributed by atoms with van der Waals surface area (Å²) in [4.78, 5) is 4.72. The van der Waals surface area contributed by atoms with E-state index in [0.717, 1.165) is 58.4 Å². The third kappa shape index (κ3) is 2.62. The van der Waals surface area contributed by atoms with Crippen molar-refractivity contribution in [3.8, 4) is 6.07 Å². The number of aliphatic hydroxyl groups is 1. The summed E-state index contributed by atoms with van der Waals surface area (Å²) in [6, 6.07) is 2.56. The Balaban J connectivity index is 1.99. The third-order valence-corrected chi connectivity index (χ3v) is 4.41. The maximum absolute atomic E-state index is 9.55. The highest BCUT2D eigenvalue weighted by atomic mass is 16.3. The molecule has 0 radical (unpaired) electrons. The number of hydrogen-bond donors (Lipinski definition) is 1. The van der Waals surface area contributed by atoms with Crippen LogP contribution in [0, 0.1) is 11.3 Å². The third-order valence-electron chi connectivity index (χ3n) is 4.41. The zero-order chi connectivity index (χ0) is 12.3. The molecular formula is C13H23N3O. The van der Waals surface area contributed by atoms with Crippen molar-refractivity contribution in [1.82, 2.24) is 9.80 Å². The average Bonchev–Trinajstić information content (AvgIpc) is 2.40. The normalized spacial score (nSPS) is 27.8. The molecule has 0 unspecified atom stereocenters. The van der Waals surface area contributed by atoms with E-state index in [1.807, 2.05) is 0 Å². The average molecular weight is 237 g/mol. The van der Waals surface area contributed by atoms with Crippen LogP contribution in [0.25, 0.3) is 0 Å². The van der Waals surface area contributed by atoms with E-state index < -0.39 is 0 Å². The number of likely N-dealkylation sites (tertiary alicyclic amines) is 2. The zero-order valence-corrected chi connectivity index (χ0v) is 10.7. The highest BCUT2D eigenvalue weighted by Crippen LogP contribution is 2.30. The van der Waals surface area contributed by atoms with Crippen LogP contribution in [0.4, 0.5) is 0 Å². The molecule has 0 aliphatic carbocycles. The van der Waals surface area contributed by atoms with Crippen molar-refractivity contribution in [3.05, 3.63) is 0 Å². The van der Waals surface area contributed by atoms with Gasteiger partial charge in [-0.3, -0.25) is 4.90 Å². The fourth-order valence-electron chi connectivity index (χ4n) is 3.03. The number of nitrogens with zero attached hydrogens (tertiary/aromatic N) is 3. The van der Waals surface area contributed by atoms with Crippen molar-refractivity contribution < 1.29 is 5.11 Å². The van der Waals surface area contributed by atoms with E-state index >= 15 is 0 Å². The SMILES string of the molecule is CCN1CCC(C#N)(N2CCC(O)CC2)CC1. The number of rotatable bonds is 2. The molecule has 0 amide bonds. The summed E-state index contributed by atoms with van der Waals surface area (Å²) in [6.07, 6.45) is 3.39. The van der Waals surface area contributed by atoms with Gasteiger partial charge in [0, 0.05) is 26.2 Å². The van der Waals surface area contributed by atoms with Gasteiger partial charge in [-0.15, -0.1) is 0 Å². The van der Waals surface area contributed by atoms with Crippen molar-refractivity contribution in [2.45, 2.75) is 44.2 Å². The maximum atomic E-state index is 9.55. The molecule has 17 heavy (non-hydrogen) atoms. The smallest absolute Gasteiger partial charge is 0.111 e. The van der Waals surface area contributed by atoms with Crippen LogP contribution in [-0.2, 0) is 0 Å². The summed E-state index contributed by atoms with van der Waals surface area (Å²) < 4.78 is 0. The number of nitriles is 1. The van der Waals surface area contributed by atoms with Crippen LogP contribution in [0.15, 0.2) is 0 Å². The van der Waals surface area contributed by atoms with Crippen molar-refractivity contribution in [2.24, 2.45) is 0 Å². The maximum Gasteiger partial charge on any atom is 0.111 e. The van der Waals surface area contributed by atoms with Crippen molar-refractivity contribution in [2.75, 3.05) is 32.7 Å². The Hall–Kier alpha value is -0.630. The molecule has 0 spiro atoms. The van der Waals surface area contributed by atoms with Gasteiger partial charge in [-0.05, 0) is 32.2 Å². The second kappa shape index (κ2) is 5.34. The molecule has 4 nitrogen and oxygen atoms in total. The predicted octanol–water partition coefficient (Wildman–Crippen LogP) is 0.821. The number of piperidine rings is 2. The van der Waals surface area contributed by atoms with Gasteiger partial charge < -0.3 is 10.0 Å². The van der Waals surface area contributed by atoms with E-state index in [1.54, 1.807) is 0 Å². The van der Waals surface area contributed by atoms with Gasteiger partial charge >= 0.3 is 0 Å². The van der Waals surface area contributed by atoms with Crippen LogP contribution in [0.1, 0.15) is 32.6 Å². The summed E-state index contributed by atoms with van der Waals surface area (Å²) in [5.74, 6) is 0. The Bertz CT molecular complexity index is 284. The molecule has 0 aromatic rings. The lowest BCUT2D eigenvalue weighted by atomic mass is 9.85. The minimum Gasteiger partial charge on any atom is -0.393 e. The highest BCUT2D eigenvalue weighted by molar-refractivity contribution is 5.11. The summed E-state index contributed by atoms with van der Waals surface area (Å²) >= 11 is 0. The van der Waals surface area contributed by atoms with E-state index in [-0.39, 0.29) is 11.6 Å². The topological polar surface area (TPSA) is 50.5 Å². The molecule has 0 aromatic heterocycles. The molecule has 2 saturated heterocycles. The lowest BCUT2D eigenvalue weighted by Crippen LogP contribution is -2.57. The van der Waals surface area contributed by atoms with E-state index in [9.17, 15) is 10.4 Å². The lowest BCUT2D eigenvalue weighted by Gasteiger charge is -2.46. The fraction of sp³-hybridized carbons (Fsp3) is 0.923. The molecule has 0 atom stereocenters. The first kappa shape index (κ1) is 12.8. The molecule has 2 aliphatic rings. The van der Waals surface area contributed by atoms with Gasteiger partial charge in [-0.1, -0.05) is 6.92 Å². The van der Waals surface area contributed by atoms with Crippen LogP contribution in [0.5, 0.6) is 0 Å². The van der Waals surface area contributed by atoms with Crippen LogP contribution in [0.3, 0.4) is 0 Å². The highest BCUT2D eigenvalue weighted by Gasteiger charge is 2.41. The van der Waals surface area contributed by atoms with Crippen molar-refractivity contribution in [1.29, 1.82) is 5.26 Å². The van der Waals surface area contributed by atoms with Gasteiger partial charge in [0.1, 0.15) is 5.54 Å². The molecule has 2 rings (SSSR count). The molecule has 2 fully saturated rings. The van der Waals surface area contributed by atoms with Crippen molar-refractivity contribution >= 4 is 0 Å². The van der Waals surface area contributed by atoms with Crippen LogP contribution < -0.4 is 0 Å². The van der Waals surface area contributed by atoms with E-state index in [4.69, 9.17) is 0 Å². The second-order valence-corrected chi connectivity index (χ2v) is 5.30. The van der Waals surface area contributed by atoms with Crippen LogP contribution in [-0.4, -0.2) is 59.3 Å². The monoisotopic (exact) mass is 237 g/mol. The summed E-state index contributed by atoms with van der Waals surface area (Å²) in [7, 11) is 0. The number of aliphatic hydroxyl groups excluding tert-OH is 1. The molecular weight excluding hydrogens is 214 g/mol. The Morgan fingerprint density at radius 3 is 2.29 bits per heavy atom. The minimum atomic E-state index is -0.258. The zero-order valence-electron chi connectivity index (χ0n) is 10.7. The second-order valence-electron chi connectivity index (χ2n) is 5.30. The summed E-state index contributed by atoms with van der Waals surface area (Å²) in [5, 5.41) is 19.1. The molecule has 2 aliphatic heterocycles. The first-order valence-corrected chi connectivity index (χ1v) is 6.77. The van der Waals surface area contributed by atoms with E-state index in [0.29, 0.717) is 0 Å².